The molecule has 1 unspecified atom stereocenters. The molecule has 0 bridgehead atoms. The number of nitrogens with zero attached hydrogens (tertiary/aromatic N) is 2. The highest BCUT2D eigenvalue weighted by molar-refractivity contribution is 5.74. The van der Waals surface area contributed by atoms with Crippen molar-refractivity contribution in [1.29, 1.82) is 0 Å². The zero-order chi connectivity index (χ0) is 13.4. The molecule has 0 saturated carbocycles. The summed E-state index contributed by atoms with van der Waals surface area (Å²) < 4.78 is 2.01. The number of benzene rings is 1. The van der Waals surface area contributed by atoms with E-state index in [-0.39, 0.29) is 0 Å². The maximum atomic E-state index is 4.18. The molecular formula is C15H25N3. The van der Waals surface area contributed by atoms with Gasteiger partial charge < -0.3 is 9.88 Å². The van der Waals surface area contributed by atoms with Crippen LogP contribution >= 0.6 is 0 Å². The highest BCUT2D eigenvalue weighted by Gasteiger charge is 1.94. The number of nitrogens with one attached hydrogen (secondary N) is 1. The van der Waals surface area contributed by atoms with Crippen LogP contribution in [0, 0.1) is 5.92 Å². The Morgan fingerprint density at radius 1 is 1.33 bits per heavy atom. The fourth-order valence-corrected chi connectivity index (χ4v) is 1.68. The largest absolute Gasteiger partial charge is 0.334 e. The molecule has 0 amide bonds. The summed E-state index contributed by atoms with van der Waals surface area (Å²) in [7, 11) is 4.00. The van der Waals surface area contributed by atoms with Gasteiger partial charge in [0.15, 0.2) is 0 Å². The van der Waals surface area contributed by atoms with Crippen molar-refractivity contribution >= 4 is 11.0 Å². The maximum absolute atomic E-state index is 4.18. The van der Waals surface area contributed by atoms with E-state index in [9.17, 15) is 0 Å². The van der Waals surface area contributed by atoms with Gasteiger partial charge in [-0.15, -0.1) is 0 Å². The first-order valence-corrected chi connectivity index (χ1v) is 6.69. The van der Waals surface area contributed by atoms with E-state index < -0.39 is 0 Å². The minimum Gasteiger partial charge on any atom is -0.334 e. The van der Waals surface area contributed by atoms with Crippen LogP contribution < -0.4 is 5.32 Å². The number of aromatic nitrogens is 2. The molecule has 0 aliphatic heterocycles. The van der Waals surface area contributed by atoms with Crippen molar-refractivity contribution in [3.05, 3.63) is 30.6 Å². The van der Waals surface area contributed by atoms with Gasteiger partial charge in [0, 0.05) is 7.05 Å². The molecule has 0 fully saturated rings. The highest BCUT2D eigenvalue weighted by atomic mass is 15.0. The molecule has 0 aliphatic rings. The molecule has 1 aromatic heterocycles. The zero-order valence-electron chi connectivity index (χ0n) is 12.0. The van der Waals surface area contributed by atoms with Crippen molar-refractivity contribution < 1.29 is 0 Å². The van der Waals surface area contributed by atoms with Gasteiger partial charge in [-0.25, -0.2) is 4.98 Å². The molecule has 3 nitrogen and oxygen atoms in total. The summed E-state index contributed by atoms with van der Waals surface area (Å²) in [6.07, 6.45) is 4.44. The van der Waals surface area contributed by atoms with Crippen LogP contribution in [-0.2, 0) is 7.05 Å². The number of imidazole rings is 1. The third kappa shape index (κ3) is 4.49. The summed E-state index contributed by atoms with van der Waals surface area (Å²) in [4.78, 5) is 4.18. The Bertz CT molecular complexity index is 448. The lowest BCUT2D eigenvalue weighted by Gasteiger charge is -2.05. The molecule has 0 spiro atoms. The Balaban J connectivity index is 0.000000187. The zero-order valence-corrected chi connectivity index (χ0v) is 12.0. The summed E-state index contributed by atoms with van der Waals surface area (Å²) in [5.74, 6) is 0.891. The van der Waals surface area contributed by atoms with Crippen LogP contribution in [0.1, 0.15) is 26.7 Å². The Morgan fingerprint density at radius 2 is 2.06 bits per heavy atom. The molecule has 1 aromatic carbocycles. The SMILES string of the molecule is CCC(C)CCNC.Cn1cnc2ccccc21. The molecule has 100 valence electrons. The van der Waals surface area contributed by atoms with Crippen molar-refractivity contribution in [2.24, 2.45) is 13.0 Å². The molecule has 1 heterocycles. The van der Waals surface area contributed by atoms with E-state index in [0.29, 0.717) is 0 Å². The summed E-state index contributed by atoms with van der Waals surface area (Å²) in [5, 5.41) is 3.13. The molecule has 0 saturated heterocycles. The number of aryl methyl sites for hydroxylation is 1. The molecule has 1 N–H and O–H groups in total. The average Bonchev–Trinajstić information content (AvgIpc) is 2.79. The van der Waals surface area contributed by atoms with Gasteiger partial charge in [0.2, 0.25) is 0 Å². The summed E-state index contributed by atoms with van der Waals surface area (Å²) in [5.41, 5.74) is 2.24. The summed E-state index contributed by atoms with van der Waals surface area (Å²) >= 11 is 0. The van der Waals surface area contributed by atoms with Gasteiger partial charge in [0.25, 0.3) is 0 Å². The number of fused-ring (bicyclic) bond motifs is 1. The Hall–Kier alpha value is -1.35. The Kier molecular flexibility index (Phi) is 6.44. The Labute approximate surface area is 110 Å². The van der Waals surface area contributed by atoms with Crippen molar-refractivity contribution in [2.45, 2.75) is 26.7 Å². The van der Waals surface area contributed by atoms with Crippen molar-refractivity contribution in [1.82, 2.24) is 14.9 Å². The second-order valence-corrected chi connectivity index (χ2v) is 4.75. The van der Waals surface area contributed by atoms with E-state index in [1.54, 1.807) is 0 Å². The predicted molar refractivity (Wildman–Crippen MR) is 78.7 cm³/mol. The smallest absolute Gasteiger partial charge is 0.0955 e. The maximum Gasteiger partial charge on any atom is 0.0955 e. The second-order valence-electron chi connectivity index (χ2n) is 4.75. The molecule has 3 heteroatoms. The van der Waals surface area contributed by atoms with E-state index in [1.165, 1.54) is 18.4 Å². The lowest BCUT2D eigenvalue weighted by molar-refractivity contribution is 0.503. The molecule has 2 rings (SSSR count). The van der Waals surface area contributed by atoms with Crippen LogP contribution in [0.3, 0.4) is 0 Å². The monoisotopic (exact) mass is 247 g/mol. The van der Waals surface area contributed by atoms with E-state index in [1.807, 2.05) is 43.2 Å². The minimum atomic E-state index is 0.891. The van der Waals surface area contributed by atoms with E-state index in [0.717, 1.165) is 18.0 Å². The molecule has 0 radical (unpaired) electrons. The van der Waals surface area contributed by atoms with Crippen LogP contribution in [0.2, 0.25) is 0 Å². The van der Waals surface area contributed by atoms with Gasteiger partial charge in [-0.3, -0.25) is 0 Å². The first kappa shape index (κ1) is 14.7. The minimum absolute atomic E-state index is 0.891. The standard InChI is InChI=1S/C8H8N2.C7H17N/c1-10-6-9-7-4-2-3-5-8(7)10;1-4-7(2)5-6-8-3/h2-6H,1H3;7-8H,4-6H2,1-3H3. The summed E-state index contributed by atoms with van der Waals surface area (Å²) in [6, 6.07) is 8.08. The van der Waals surface area contributed by atoms with E-state index in [4.69, 9.17) is 0 Å². The van der Waals surface area contributed by atoms with Gasteiger partial charge in [0.05, 0.1) is 17.4 Å². The lowest BCUT2D eigenvalue weighted by Crippen LogP contribution is -2.10. The van der Waals surface area contributed by atoms with Crippen LogP contribution in [0.25, 0.3) is 11.0 Å². The van der Waals surface area contributed by atoms with Gasteiger partial charge in [-0.1, -0.05) is 32.4 Å². The van der Waals surface area contributed by atoms with E-state index in [2.05, 4.69) is 30.2 Å². The number of hydrogen-bond donors (Lipinski definition) is 1. The fraction of sp³-hybridized carbons (Fsp3) is 0.533. The van der Waals surface area contributed by atoms with Crippen molar-refractivity contribution in [3.63, 3.8) is 0 Å². The van der Waals surface area contributed by atoms with Crippen LogP contribution in [0.5, 0.6) is 0 Å². The van der Waals surface area contributed by atoms with Gasteiger partial charge in [-0.2, -0.15) is 0 Å². The lowest BCUT2D eigenvalue weighted by atomic mass is 10.1. The molecule has 18 heavy (non-hydrogen) atoms. The number of para-hydroxylation sites is 2. The fourth-order valence-electron chi connectivity index (χ4n) is 1.68. The normalized spacial score (nSPS) is 12.0. The predicted octanol–water partition coefficient (Wildman–Crippen LogP) is 3.22. The van der Waals surface area contributed by atoms with Crippen molar-refractivity contribution in [3.8, 4) is 0 Å². The van der Waals surface area contributed by atoms with Gasteiger partial charge in [-0.05, 0) is 38.1 Å². The first-order chi connectivity index (χ1) is 8.69. The van der Waals surface area contributed by atoms with Crippen LogP contribution in [0.15, 0.2) is 30.6 Å². The average molecular weight is 247 g/mol. The van der Waals surface area contributed by atoms with E-state index >= 15 is 0 Å². The Morgan fingerprint density at radius 3 is 2.67 bits per heavy atom. The molecule has 1 atom stereocenters. The molecular weight excluding hydrogens is 222 g/mol. The number of hydrogen-bond acceptors (Lipinski definition) is 2. The molecule has 0 aliphatic carbocycles. The third-order valence-corrected chi connectivity index (χ3v) is 3.22. The topological polar surface area (TPSA) is 29.9 Å². The second kappa shape index (κ2) is 7.88. The van der Waals surface area contributed by atoms with Crippen LogP contribution in [-0.4, -0.2) is 23.1 Å². The quantitative estimate of drug-likeness (QED) is 0.899. The van der Waals surface area contributed by atoms with Gasteiger partial charge in [0.1, 0.15) is 0 Å². The third-order valence-electron chi connectivity index (χ3n) is 3.22. The number of rotatable bonds is 4. The van der Waals surface area contributed by atoms with Crippen LogP contribution in [0.4, 0.5) is 0 Å². The van der Waals surface area contributed by atoms with Crippen molar-refractivity contribution in [2.75, 3.05) is 13.6 Å². The first-order valence-electron chi connectivity index (χ1n) is 6.69. The summed E-state index contributed by atoms with van der Waals surface area (Å²) in [6.45, 7) is 5.69. The highest BCUT2D eigenvalue weighted by Crippen LogP contribution is 2.08. The molecule has 2 aromatic rings. The van der Waals surface area contributed by atoms with Gasteiger partial charge >= 0.3 is 0 Å².